The molecule has 1 N–H and O–H groups in total. The van der Waals surface area contributed by atoms with Gasteiger partial charge in [0.2, 0.25) is 0 Å². The maximum absolute atomic E-state index is 12.4. The number of benzene rings is 2. The average Bonchev–Trinajstić information content (AvgIpc) is 2.65. The molecule has 0 bridgehead atoms. The first-order valence-corrected chi connectivity index (χ1v) is 7.94. The van der Waals surface area contributed by atoms with Gasteiger partial charge in [-0.1, -0.05) is 29.8 Å². The molecule has 0 saturated heterocycles. The smallest absolute Gasteiger partial charge is 0.266 e. The van der Waals surface area contributed by atoms with E-state index >= 15 is 0 Å². The van der Waals surface area contributed by atoms with E-state index in [0.29, 0.717) is 17.1 Å². The van der Waals surface area contributed by atoms with Gasteiger partial charge in [-0.15, -0.1) is 0 Å². The molecule has 0 aromatic heterocycles. The van der Waals surface area contributed by atoms with Crippen molar-refractivity contribution in [3.8, 4) is 17.6 Å². The van der Waals surface area contributed by atoms with Crippen molar-refractivity contribution in [1.82, 2.24) is 0 Å². The van der Waals surface area contributed by atoms with Crippen LogP contribution in [0.25, 0.3) is 6.08 Å². The number of nitriles is 1. The fourth-order valence-corrected chi connectivity index (χ4v) is 2.59. The summed E-state index contributed by atoms with van der Waals surface area (Å²) in [4.78, 5) is 23.5. The Morgan fingerprint density at radius 1 is 1.22 bits per heavy atom. The molecule has 0 aliphatic rings. The topological polar surface area (TPSA) is 111 Å². The van der Waals surface area contributed by atoms with Crippen LogP contribution in [0.1, 0.15) is 15.9 Å². The lowest BCUT2D eigenvalue weighted by molar-refractivity contribution is -0.254. The van der Waals surface area contributed by atoms with Gasteiger partial charge in [0.1, 0.15) is 11.6 Å². The maximum Gasteiger partial charge on any atom is 0.266 e. The molecule has 0 fully saturated rings. The summed E-state index contributed by atoms with van der Waals surface area (Å²) in [5.74, 6) is -1.57. The van der Waals surface area contributed by atoms with E-state index in [1.807, 2.05) is 0 Å². The number of carbonyl (C=O) groups excluding carboxylic acids is 2. The molecule has 0 atom stereocenters. The summed E-state index contributed by atoms with van der Waals surface area (Å²) in [6, 6.07) is 10.5. The zero-order valence-corrected chi connectivity index (χ0v) is 15.2. The number of carboxylic acid groups (broad SMARTS) is 1. The lowest BCUT2D eigenvalue weighted by Gasteiger charge is -2.12. The number of aromatic carboxylic acids is 1. The van der Waals surface area contributed by atoms with Crippen LogP contribution in [0.3, 0.4) is 0 Å². The summed E-state index contributed by atoms with van der Waals surface area (Å²) in [7, 11) is 2.86. The first-order chi connectivity index (χ1) is 12.9. The van der Waals surface area contributed by atoms with Crippen LogP contribution in [0.4, 0.5) is 5.69 Å². The molecular weight excluding hydrogens is 372 g/mol. The van der Waals surface area contributed by atoms with E-state index in [1.54, 1.807) is 18.2 Å². The molecule has 0 saturated carbocycles. The van der Waals surface area contributed by atoms with Crippen LogP contribution in [0.15, 0.2) is 42.0 Å². The average molecular weight is 386 g/mol. The number of rotatable bonds is 6. The van der Waals surface area contributed by atoms with Gasteiger partial charge < -0.3 is 24.7 Å². The number of anilines is 1. The molecule has 0 aliphatic carbocycles. The molecule has 1 amide bonds. The minimum Gasteiger partial charge on any atom is -0.545 e. The summed E-state index contributed by atoms with van der Waals surface area (Å²) < 4.78 is 10.3. The van der Waals surface area contributed by atoms with E-state index in [4.69, 9.17) is 21.1 Å². The number of ether oxygens (including phenoxy) is 2. The first kappa shape index (κ1) is 19.8. The van der Waals surface area contributed by atoms with Crippen molar-refractivity contribution >= 4 is 35.2 Å². The predicted octanol–water partition coefficient (Wildman–Crippen LogP) is 2.27. The third-order valence-corrected chi connectivity index (χ3v) is 3.81. The highest BCUT2D eigenvalue weighted by Crippen LogP contribution is 2.36. The third-order valence-electron chi connectivity index (χ3n) is 3.53. The van der Waals surface area contributed by atoms with Gasteiger partial charge in [-0.3, -0.25) is 4.79 Å². The summed E-state index contributed by atoms with van der Waals surface area (Å²) in [5, 5.41) is 23.1. The van der Waals surface area contributed by atoms with E-state index in [-0.39, 0.29) is 21.8 Å². The van der Waals surface area contributed by atoms with Crippen molar-refractivity contribution in [1.29, 1.82) is 5.26 Å². The van der Waals surface area contributed by atoms with Crippen molar-refractivity contribution in [3.63, 3.8) is 0 Å². The lowest BCUT2D eigenvalue weighted by atomic mass is 10.1. The van der Waals surface area contributed by atoms with Gasteiger partial charge in [-0.25, -0.2) is 0 Å². The zero-order chi connectivity index (χ0) is 20.0. The van der Waals surface area contributed by atoms with Gasteiger partial charge in [0, 0.05) is 5.56 Å². The van der Waals surface area contributed by atoms with E-state index in [2.05, 4.69) is 5.32 Å². The molecule has 2 aromatic rings. The Morgan fingerprint density at radius 3 is 2.52 bits per heavy atom. The van der Waals surface area contributed by atoms with Crippen molar-refractivity contribution in [2.45, 2.75) is 0 Å². The summed E-state index contributed by atoms with van der Waals surface area (Å²) >= 11 is 6.12. The predicted molar refractivity (Wildman–Crippen MR) is 97.5 cm³/mol. The zero-order valence-electron chi connectivity index (χ0n) is 14.4. The van der Waals surface area contributed by atoms with Crippen LogP contribution in [0.2, 0.25) is 5.02 Å². The molecule has 0 aliphatic heterocycles. The summed E-state index contributed by atoms with van der Waals surface area (Å²) in [6.07, 6.45) is 1.30. The minimum absolute atomic E-state index is 0.0222. The Kier molecular flexibility index (Phi) is 6.41. The number of methoxy groups -OCH3 is 2. The molecule has 0 unspecified atom stereocenters. The van der Waals surface area contributed by atoms with Gasteiger partial charge in [0.05, 0.1) is 30.9 Å². The van der Waals surface area contributed by atoms with Crippen LogP contribution >= 0.6 is 11.6 Å². The van der Waals surface area contributed by atoms with E-state index in [9.17, 15) is 20.0 Å². The Morgan fingerprint density at radius 2 is 1.93 bits per heavy atom. The molecule has 7 nitrogen and oxygen atoms in total. The van der Waals surface area contributed by atoms with Gasteiger partial charge in [-0.2, -0.15) is 5.26 Å². The standard InChI is InChI=1S/C19H15ClN2O5/c1-26-16-9-11(8-14(20)17(16)27-2)7-12(10-21)18(23)22-15-6-4-3-5-13(15)19(24)25/h3-9H,1-2H3,(H,22,23)(H,24,25)/p-1/b12-7+. The number of carboxylic acids is 1. The summed E-state index contributed by atoms with van der Waals surface area (Å²) in [5.41, 5.74) is -0.00438. The number of amides is 1. The fourth-order valence-electron chi connectivity index (χ4n) is 2.30. The summed E-state index contributed by atoms with van der Waals surface area (Å²) in [6.45, 7) is 0. The number of nitrogens with zero attached hydrogens (tertiary/aromatic N) is 1. The number of halogens is 1. The normalized spacial score (nSPS) is 10.7. The molecule has 0 radical (unpaired) electrons. The molecule has 0 spiro atoms. The fraction of sp³-hybridized carbons (Fsp3) is 0.105. The van der Waals surface area contributed by atoms with Crippen LogP contribution < -0.4 is 19.9 Å². The molecule has 2 rings (SSSR count). The Labute approximate surface area is 160 Å². The Balaban J connectivity index is 2.37. The van der Waals surface area contributed by atoms with Gasteiger partial charge >= 0.3 is 0 Å². The van der Waals surface area contributed by atoms with E-state index in [0.717, 1.165) is 0 Å². The molecule has 138 valence electrons. The van der Waals surface area contributed by atoms with Crippen LogP contribution in [-0.2, 0) is 4.79 Å². The third kappa shape index (κ3) is 4.57. The molecule has 2 aromatic carbocycles. The second kappa shape index (κ2) is 8.74. The minimum atomic E-state index is -1.44. The van der Waals surface area contributed by atoms with Crippen molar-refractivity contribution in [3.05, 3.63) is 58.1 Å². The quantitative estimate of drug-likeness (QED) is 0.603. The number of carbonyl (C=O) groups is 2. The van der Waals surface area contributed by atoms with Crippen molar-refractivity contribution in [2.24, 2.45) is 0 Å². The number of hydrogen-bond acceptors (Lipinski definition) is 6. The van der Waals surface area contributed by atoms with Crippen molar-refractivity contribution in [2.75, 3.05) is 19.5 Å². The SMILES string of the molecule is COc1cc(/C=C(\C#N)C(=O)Nc2ccccc2C(=O)[O-])cc(Cl)c1OC. The van der Waals surface area contributed by atoms with Gasteiger partial charge in [0.25, 0.3) is 5.91 Å². The molecule has 8 heteroatoms. The number of hydrogen-bond donors (Lipinski definition) is 1. The van der Waals surface area contributed by atoms with Crippen LogP contribution in [-0.4, -0.2) is 26.1 Å². The second-order valence-corrected chi connectivity index (χ2v) is 5.60. The van der Waals surface area contributed by atoms with Gasteiger partial charge in [0.15, 0.2) is 11.5 Å². The van der Waals surface area contributed by atoms with Crippen molar-refractivity contribution < 1.29 is 24.2 Å². The highest BCUT2D eigenvalue weighted by Gasteiger charge is 2.14. The largest absolute Gasteiger partial charge is 0.545 e. The maximum atomic E-state index is 12.4. The Hall–Kier alpha value is -3.50. The van der Waals surface area contributed by atoms with E-state index in [1.165, 1.54) is 44.6 Å². The second-order valence-electron chi connectivity index (χ2n) is 5.20. The van der Waals surface area contributed by atoms with E-state index < -0.39 is 11.9 Å². The van der Waals surface area contributed by atoms with Gasteiger partial charge in [-0.05, 0) is 29.8 Å². The van der Waals surface area contributed by atoms with Crippen LogP contribution in [0, 0.1) is 11.3 Å². The number of para-hydroxylation sites is 1. The highest BCUT2D eigenvalue weighted by atomic mass is 35.5. The number of nitrogens with one attached hydrogen (secondary N) is 1. The monoisotopic (exact) mass is 385 g/mol. The lowest BCUT2D eigenvalue weighted by Crippen LogP contribution is -2.25. The molecular formula is C19H14ClN2O5-. The first-order valence-electron chi connectivity index (χ1n) is 7.56. The Bertz CT molecular complexity index is 963. The molecule has 27 heavy (non-hydrogen) atoms. The van der Waals surface area contributed by atoms with Crippen LogP contribution in [0.5, 0.6) is 11.5 Å². The highest BCUT2D eigenvalue weighted by molar-refractivity contribution is 6.32. The molecule has 0 heterocycles.